The Balaban J connectivity index is 2.02. The van der Waals surface area contributed by atoms with Crippen LogP contribution in [0, 0.1) is 11.7 Å². The number of carbonyl (C=O) groups is 1. The maximum Gasteiger partial charge on any atom is 0.419 e. The normalized spacial score (nSPS) is 16.8. The zero-order valence-electron chi connectivity index (χ0n) is 11.2. The third-order valence-corrected chi connectivity index (χ3v) is 4.47. The molecule has 0 spiro atoms. The summed E-state index contributed by atoms with van der Waals surface area (Å²) in [6, 6.07) is 2.30. The van der Waals surface area contributed by atoms with E-state index >= 15 is 0 Å². The maximum absolute atomic E-state index is 13.2. The average Bonchev–Trinajstić information content (AvgIpc) is 2.45. The van der Waals surface area contributed by atoms with E-state index in [4.69, 9.17) is 0 Å². The highest BCUT2D eigenvalue weighted by molar-refractivity contribution is 7.99. The van der Waals surface area contributed by atoms with Crippen LogP contribution >= 0.6 is 11.8 Å². The first-order valence-electron chi connectivity index (χ1n) is 6.60. The third-order valence-electron chi connectivity index (χ3n) is 3.43. The Morgan fingerprint density at radius 1 is 1.29 bits per heavy atom. The predicted octanol–water partition coefficient (Wildman–Crippen LogP) is 3.72. The zero-order valence-corrected chi connectivity index (χ0v) is 12.0. The van der Waals surface area contributed by atoms with Crippen LogP contribution < -0.4 is 5.32 Å². The number of amides is 1. The highest BCUT2D eigenvalue weighted by Crippen LogP contribution is 2.31. The topological polar surface area (TPSA) is 29.1 Å². The number of thioether (sulfide) groups is 1. The molecule has 1 fully saturated rings. The largest absolute Gasteiger partial charge is 0.419 e. The Kier molecular flexibility index (Phi) is 5.13. The molecular weight excluding hydrogens is 306 g/mol. The van der Waals surface area contributed by atoms with E-state index in [1.807, 2.05) is 11.8 Å². The molecule has 0 aliphatic carbocycles. The first-order chi connectivity index (χ1) is 9.88. The number of benzene rings is 1. The van der Waals surface area contributed by atoms with Gasteiger partial charge in [0.1, 0.15) is 5.82 Å². The lowest BCUT2D eigenvalue weighted by Gasteiger charge is -2.21. The molecule has 1 saturated heterocycles. The van der Waals surface area contributed by atoms with Crippen LogP contribution in [0.15, 0.2) is 18.2 Å². The van der Waals surface area contributed by atoms with Crippen molar-refractivity contribution >= 4 is 17.7 Å². The molecule has 21 heavy (non-hydrogen) atoms. The molecular formula is C14H15F4NOS. The van der Waals surface area contributed by atoms with Crippen LogP contribution in [0.25, 0.3) is 0 Å². The van der Waals surface area contributed by atoms with Gasteiger partial charge >= 0.3 is 6.18 Å². The van der Waals surface area contributed by atoms with E-state index in [1.165, 1.54) is 0 Å². The second-order valence-electron chi connectivity index (χ2n) is 4.96. The summed E-state index contributed by atoms with van der Waals surface area (Å²) in [5, 5.41) is 2.63. The van der Waals surface area contributed by atoms with Gasteiger partial charge in [-0.3, -0.25) is 4.79 Å². The summed E-state index contributed by atoms with van der Waals surface area (Å²) in [6.07, 6.45) is -2.83. The van der Waals surface area contributed by atoms with Crippen molar-refractivity contribution in [3.8, 4) is 0 Å². The van der Waals surface area contributed by atoms with Crippen molar-refractivity contribution < 1.29 is 22.4 Å². The van der Waals surface area contributed by atoms with E-state index in [9.17, 15) is 22.4 Å². The predicted molar refractivity (Wildman–Crippen MR) is 73.8 cm³/mol. The molecule has 0 saturated carbocycles. The zero-order chi connectivity index (χ0) is 15.5. The van der Waals surface area contributed by atoms with Crippen LogP contribution in [-0.2, 0) is 6.18 Å². The summed E-state index contributed by atoms with van der Waals surface area (Å²) in [5.41, 5.74) is -1.59. The first-order valence-corrected chi connectivity index (χ1v) is 7.76. The molecule has 0 radical (unpaired) electrons. The first kappa shape index (κ1) is 16.1. The summed E-state index contributed by atoms with van der Waals surface area (Å²) >= 11 is 1.86. The molecule has 0 aromatic heterocycles. The Morgan fingerprint density at radius 3 is 2.57 bits per heavy atom. The van der Waals surface area contributed by atoms with Crippen LogP contribution in [0.1, 0.15) is 28.8 Å². The monoisotopic (exact) mass is 321 g/mol. The van der Waals surface area contributed by atoms with E-state index in [0.29, 0.717) is 24.6 Å². The molecule has 2 rings (SSSR count). The minimum atomic E-state index is -4.80. The van der Waals surface area contributed by atoms with E-state index in [-0.39, 0.29) is 5.56 Å². The minimum Gasteiger partial charge on any atom is -0.352 e. The van der Waals surface area contributed by atoms with Crippen LogP contribution in [0.5, 0.6) is 0 Å². The van der Waals surface area contributed by atoms with Gasteiger partial charge in [-0.2, -0.15) is 24.9 Å². The number of hydrogen-bond acceptors (Lipinski definition) is 2. The number of alkyl halides is 3. The third kappa shape index (κ3) is 4.36. The van der Waals surface area contributed by atoms with Gasteiger partial charge in [0.05, 0.1) is 5.56 Å². The van der Waals surface area contributed by atoms with Gasteiger partial charge in [0.25, 0.3) is 5.91 Å². The second-order valence-corrected chi connectivity index (χ2v) is 6.18. The van der Waals surface area contributed by atoms with Gasteiger partial charge in [0, 0.05) is 12.1 Å². The summed E-state index contributed by atoms with van der Waals surface area (Å²) < 4.78 is 50.9. The SMILES string of the molecule is O=C(NCC1CCSCC1)c1ccc(F)c(C(F)(F)F)c1. The molecule has 116 valence electrons. The van der Waals surface area contributed by atoms with Gasteiger partial charge in [0.15, 0.2) is 0 Å². The quantitative estimate of drug-likeness (QED) is 0.860. The molecule has 1 aliphatic rings. The molecule has 1 amide bonds. The van der Waals surface area contributed by atoms with Crippen molar-refractivity contribution in [3.63, 3.8) is 0 Å². The van der Waals surface area contributed by atoms with Crippen molar-refractivity contribution in [2.75, 3.05) is 18.1 Å². The van der Waals surface area contributed by atoms with Crippen molar-refractivity contribution in [2.24, 2.45) is 5.92 Å². The highest BCUT2D eigenvalue weighted by Gasteiger charge is 2.34. The van der Waals surface area contributed by atoms with Crippen molar-refractivity contribution in [3.05, 3.63) is 35.1 Å². The summed E-state index contributed by atoms with van der Waals surface area (Å²) in [6.45, 7) is 0.443. The summed E-state index contributed by atoms with van der Waals surface area (Å²) in [4.78, 5) is 11.9. The Morgan fingerprint density at radius 2 is 1.95 bits per heavy atom. The van der Waals surface area contributed by atoms with Gasteiger partial charge in [-0.25, -0.2) is 4.39 Å². The standard InChI is InChI=1S/C14H15F4NOS/c15-12-2-1-10(7-11(12)14(16,17)18)13(20)19-8-9-3-5-21-6-4-9/h1-2,7,9H,3-6,8H2,(H,19,20). The summed E-state index contributed by atoms with van der Waals surface area (Å²) in [5.74, 6) is 0.463. The molecule has 1 aromatic rings. The number of rotatable bonds is 3. The molecule has 0 unspecified atom stereocenters. The van der Waals surface area contributed by atoms with Crippen LogP contribution in [0.4, 0.5) is 17.6 Å². The molecule has 1 aliphatic heterocycles. The molecule has 7 heteroatoms. The number of carbonyl (C=O) groups excluding carboxylic acids is 1. The van der Waals surface area contributed by atoms with Crippen LogP contribution in [-0.4, -0.2) is 24.0 Å². The van der Waals surface area contributed by atoms with Crippen molar-refractivity contribution in [2.45, 2.75) is 19.0 Å². The lowest BCUT2D eigenvalue weighted by Crippen LogP contribution is -2.31. The van der Waals surface area contributed by atoms with Gasteiger partial charge in [-0.1, -0.05) is 0 Å². The molecule has 1 aromatic carbocycles. The lowest BCUT2D eigenvalue weighted by molar-refractivity contribution is -0.140. The minimum absolute atomic E-state index is 0.172. The highest BCUT2D eigenvalue weighted by atomic mass is 32.2. The van der Waals surface area contributed by atoms with Gasteiger partial charge in [0.2, 0.25) is 0 Å². The number of nitrogens with one attached hydrogen (secondary N) is 1. The summed E-state index contributed by atoms with van der Waals surface area (Å²) in [7, 11) is 0. The number of hydrogen-bond donors (Lipinski definition) is 1. The van der Waals surface area contributed by atoms with E-state index in [2.05, 4.69) is 5.32 Å². The lowest BCUT2D eigenvalue weighted by atomic mass is 10.0. The van der Waals surface area contributed by atoms with Gasteiger partial charge in [-0.05, 0) is 48.5 Å². The van der Waals surface area contributed by atoms with Crippen LogP contribution in [0.2, 0.25) is 0 Å². The van der Waals surface area contributed by atoms with Crippen LogP contribution in [0.3, 0.4) is 0 Å². The fourth-order valence-corrected chi connectivity index (χ4v) is 3.38. The smallest absolute Gasteiger partial charge is 0.352 e. The molecule has 1 N–H and O–H groups in total. The van der Waals surface area contributed by atoms with Gasteiger partial charge in [-0.15, -0.1) is 0 Å². The Bertz CT molecular complexity index is 512. The molecule has 0 atom stereocenters. The van der Waals surface area contributed by atoms with Gasteiger partial charge < -0.3 is 5.32 Å². The maximum atomic E-state index is 13.2. The van der Waals surface area contributed by atoms with E-state index < -0.39 is 23.5 Å². The van der Waals surface area contributed by atoms with Crippen molar-refractivity contribution in [1.29, 1.82) is 0 Å². The average molecular weight is 321 g/mol. The second kappa shape index (κ2) is 6.68. The van der Waals surface area contributed by atoms with E-state index in [1.54, 1.807) is 0 Å². The van der Waals surface area contributed by atoms with Crippen molar-refractivity contribution in [1.82, 2.24) is 5.32 Å². The molecule has 0 bridgehead atoms. The Hall–Kier alpha value is -1.24. The Labute approximate surface area is 124 Å². The molecule has 1 heterocycles. The van der Waals surface area contributed by atoms with E-state index in [0.717, 1.165) is 30.4 Å². The number of halogens is 4. The fraction of sp³-hybridized carbons (Fsp3) is 0.500. The molecule has 2 nitrogen and oxygen atoms in total. The fourth-order valence-electron chi connectivity index (χ4n) is 2.17.